The van der Waals surface area contributed by atoms with Crippen LogP contribution in [0.2, 0.25) is 0 Å². The number of aliphatic hydroxyl groups is 1. The smallest absolute Gasteiger partial charge is 0.107 e. The molecule has 0 saturated heterocycles. The van der Waals surface area contributed by atoms with Crippen LogP contribution in [0.5, 0.6) is 0 Å². The van der Waals surface area contributed by atoms with Crippen LogP contribution in [-0.2, 0) is 6.54 Å². The van der Waals surface area contributed by atoms with E-state index in [4.69, 9.17) is 0 Å². The monoisotopic (exact) mass is 227 g/mol. The Morgan fingerprint density at radius 3 is 2.88 bits per heavy atom. The minimum Gasteiger partial charge on any atom is -0.392 e. The Hall–Kier alpha value is -1.94. The summed E-state index contributed by atoms with van der Waals surface area (Å²) in [5, 5.41) is 10.6. The van der Waals surface area contributed by atoms with Crippen LogP contribution < -0.4 is 0 Å². The Labute approximate surface area is 98.5 Å². The van der Waals surface area contributed by atoms with Gasteiger partial charge < -0.3 is 9.67 Å². The molecule has 0 radical (unpaired) electrons. The third-order valence-corrected chi connectivity index (χ3v) is 2.81. The van der Waals surface area contributed by atoms with Gasteiger partial charge in [0.1, 0.15) is 5.52 Å². The lowest BCUT2D eigenvalue weighted by Gasteiger charge is -2.08. The molecule has 3 aromatic rings. The highest BCUT2D eigenvalue weighted by molar-refractivity contribution is 6.01. The fourth-order valence-electron chi connectivity index (χ4n) is 2.13. The van der Waals surface area contributed by atoms with Gasteiger partial charge in [0, 0.05) is 11.9 Å². The molecule has 0 aliphatic heterocycles. The number of hydrogen-bond donors (Lipinski definition) is 1. The van der Waals surface area contributed by atoms with Crippen molar-refractivity contribution >= 4 is 21.9 Å². The zero-order chi connectivity index (χ0) is 11.8. The van der Waals surface area contributed by atoms with E-state index in [9.17, 15) is 5.11 Å². The average molecular weight is 227 g/mol. The van der Waals surface area contributed by atoms with E-state index in [1.807, 2.05) is 28.8 Å². The second-order valence-electron chi connectivity index (χ2n) is 4.26. The molecule has 1 aromatic carbocycles. The van der Waals surface area contributed by atoms with Gasteiger partial charge in [-0.25, -0.2) is 4.98 Å². The second-order valence-corrected chi connectivity index (χ2v) is 4.26. The van der Waals surface area contributed by atoms with E-state index in [0.717, 1.165) is 21.9 Å². The van der Waals surface area contributed by atoms with E-state index in [1.165, 1.54) is 0 Å². The molecule has 17 heavy (non-hydrogen) atoms. The van der Waals surface area contributed by atoms with Gasteiger partial charge in [-0.05, 0) is 13.0 Å². The summed E-state index contributed by atoms with van der Waals surface area (Å²) in [6, 6.07) is 7.97. The quantitative estimate of drug-likeness (QED) is 0.728. The van der Waals surface area contributed by atoms with E-state index in [-0.39, 0.29) is 6.10 Å². The van der Waals surface area contributed by atoms with Gasteiger partial charge in [0.05, 0.1) is 29.7 Å². The van der Waals surface area contributed by atoms with E-state index < -0.39 is 0 Å². The van der Waals surface area contributed by atoms with E-state index in [1.54, 1.807) is 19.4 Å². The first kappa shape index (κ1) is 10.2. The predicted octanol–water partition coefficient (Wildman–Crippen LogP) is 1.97. The van der Waals surface area contributed by atoms with Gasteiger partial charge in [-0.1, -0.05) is 18.2 Å². The minimum atomic E-state index is -0.390. The molecule has 4 heteroatoms. The van der Waals surface area contributed by atoms with Gasteiger partial charge in [-0.2, -0.15) is 0 Å². The van der Waals surface area contributed by atoms with Gasteiger partial charge in [0.2, 0.25) is 0 Å². The molecule has 1 N–H and O–H groups in total. The molecule has 0 fully saturated rings. The second kappa shape index (κ2) is 3.82. The number of pyridine rings is 1. The molecule has 86 valence electrons. The summed E-state index contributed by atoms with van der Waals surface area (Å²) < 4.78 is 1.98. The number of rotatable bonds is 2. The van der Waals surface area contributed by atoms with Crippen molar-refractivity contribution in [1.29, 1.82) is 0 Å². The van der Waals surface area contributed by atoms with Crippen molar-refractivity contribution in [2.45, 2.75) is 19.6 Å². The number of hydrogen-bond acceptors (Lipinski definition) is 3. The van der Waals surface area contributed by atoms with Gasteiger partial charge in [-0.15, -0.1) is 0 Å². The van der Waals surface area contributed by atoms with Gasteiger partial charge in [0.15, 0.2) is 0 Å². The third kappa shape index (κ3) is 1.66. The zero-order valence-electron chi connectivity index (χ0n) is 9.54. The summed E-state index contributed by atoms with van der Waals surface area (Å²) in [4.78, 5) is 8.67. The summed E-state index contributed by atoms with van der Waals surface area (Å²) in [6.07, 6.45) is 3.14. The van der Waals surface area contributed by atoms with Crippen LogP contribution in [0.15, 0.2) is 36.8 Å². The number of aliphatic hydroxyl groups excluding tert-OH is 1. The van der Waals surface area contributed by atoms with Crippen molar-refractivity contribution in [2.75, 3.05) is 0 Å². The first-order valence-corrected chi connectivity index (χ1v) is 5.62. The standard InChI is InChI=1S/C13H13N3O/c1-9(17)7-16-8-15-12-6-14-11-5-3-2-4-10(11)13(12)16/h2-6,8-9,17H,7H2,1H3. The normalized spacial score (nSPS) is 13.3. The lowest BCUT2D eigenvalue weighted by atomic mass is 10.2. The summed E-state index contributed by atoms with van der Waals surface area (Å²) in [6.45, 7) is 2.32. The van der Waals surface area contributed by atoms with Crippen LogP contribution in [0, 0.1) is 0 Å². The van der Waals surface area contributed by atoms with Crippen molar-refractivity contribution in [3.8, 4) is 0 Å². The van der Waals surface area contributed by atoms with Crippen molar-refractivity contribution < 1.29 is 5.11 Å². The maximum Gasteiger partial charge on any atom is 0.107 e. The molecule has 0 aliphatic rings. The Balaban J connectivity index is 2.34. The Kier molecular flexibility index (Phi) is 2.30. The molecule has 0 bridgehead atoms. The largest absolute Gasteiger partial charge is 0.392 e. The van der Waals surface area contributed by atoms with Crippen LogP contribution in [0.1, 0.15) is 6.92 Å². The molecule has 1 atom stereocenters. The Morgan fingerprint density at radius 1 is 1.24 bits per heavy atom. The number of imidazole rings is 1. The number of fused-ring (bicyclic) bond motifs is 3. The van der Waals surface area contributed by atoms with Crippen molar-refractivity contribution in [3.63, 3.8) is 0 Å². The molecule has 0 amide bonds. The van der Waals surface area contributed by atoms with Crippen LogP contribution in [0.25, 0.3) is 21.9 Å². The van der Waals surface area contributed by atoms with Crippen molar-refractivity contribution in [3.05, 3.63) is 36.8 Å². The molecular formula is C13H13N3O. The SMILES string of the molecule is CC(O)Cn1cnc2cnc3ccccc3c21. The van der Waals surface area contributed by atoms with Crippen LogP contribution in [0.4, 0.5) is 0 Å². The van der Waals surface area contributed by atoms with E-state index >= 15 is 0 Å². The molecule has 0 spiro atoms. The van der Waals surface area contributed by atoms with E-state index in [0.29, 0.717) is 6.54 Å². The molecule has 0 aliphatic carbocycles. The first-order chi connectivity index (χ1) is 8.25. The zero-order valence-corrected chi connectivity index (χ0v) is 9.54. The maximum atomic E-state index is 9.49. The number of aromatic nitrogens is 3. The van der Waals surface area contributed by atoms with E-state index in [2.05, 4.69) is 9.97 Å². The first-order valence-electron chi connectivity index (χ1n) is 5.62. The van der Waals surface area contributed by atoms with Gasteiger partial charge in [-0.3, -0.25) is 4.98 Å². The molecule has 2 aromatic heterocycles. The molecule has 3 rings (SSSR count). The predicted molar refractivity (Wildman–Crippen MR) is 66.7 cm³/mol. The van der Waals surface area contributed by atoms with Crippen molar-refractivity contribution in [2.24, 2.45) is 0 Å². The molecule has 0 saturated carbocycles. The average Bonchev–Trinajstić information content (AvgIpc) is 2.72. The number of para-hydroxylation sites is 1. The van der Waals surface area contributed by atoms with Crippen LogP contribution >= 0.6 is 0 Å². The summed E-state index contributed by atoms with van der Waals surface area (Å²) in [5.74, 6) is 0. The molecule has 1 unspecified atom stereocenters. The van der Waals surface area contributed by atoms with Crippen LogP contribution in [0.3, 0.4) is 0 Å². The number of nitrogens with zero attached hydrogens (tertiary/aromatic N) is 3. The molecule has 4 nitrogen and oxygen atoms in total. The lowest BCUT2D eigenvalue weighted by Crippen LogP contribution is -2.10. The van der Waals surface area contributed by atoms with Gasteiger partial charge in [0.25, 0.3) is 0 Å². The Bertz CT molecular complexity index is 673. The topological polar surface area (TPSA) is 50.9 Å². The minimum absolute atomic E-state index is 0.390. The van der Waals surface area contributed by atoms with Crippen molar-refractivity contribution in [1.82, 2.24) is 14.5 Å². The molecule has 2 heterocycles. The Morgan fingerprint density at radius 2 is 2.06 bits per heavy atom. The van der Waals surface area contributed by atoms with Crippen LogP contribution in [-0.4, -0.2) is 25.7 Å². The highest BCUT2D eigenvalue weighted by Crippen LogP contribution is 2.22. The van der Waals surface area contributed by atoms with Gasteiger partial charge >= 0.3 is 0 Å². The summed E-state index contributed by atoms with van der Waals surface area (Å²) in [7, 11) is 0. The fraction of sp³-hybridized carbons (Fsp3) is 0.231. The summed E-state index contributed by atoms with van der Waals surface area (Å²) in [5.41, 5.74) is 2.85. The number of benzene rings is 1. The lowest BCUT2D eigenvalue weighted by molar-refractivity contribution is 0.175. The third-order valence-electron chi connectivity index (χ3n) is 2.81. The summed E-state index contributed by atoms with van der Waals surface area (Å²) >= 11 is 0. The highest BCUT2D eigenvalue weighted by atomic mass is 16.3. The molecular weight excluding hydrogens is 214 g/mol. The fourth-order valence-corrected chi connectivity index (χ4v) is 2.13. The maximum absolute atomic E-state index is 9.49. The highest BCUT2D eigenvalue weighted by Gasteiger charge is 2.09.